The molecule has 1 aromatic carbocycles. The summed E-state index contributed by atoms with van der Waals surface area (Å²) in [4.78, 5) is 1.89. The van der Waals surface area contributed by atoms with Crippen LogP contribution in [0.2, 0.25) is 0 Å². The lowest BCUT2D eigenvalue weighted by atomic mass is 10.0. The molecule has 0 spiro atoms. The van der Waals surface area contributed by atoms with Crippen molar-refractivity contribution < 1.29 is 13.2 Å². The van der Waals surface area contributed by atoms with Gasteiger partial charge >= 0.3 is 6.18 Å². The molecule has 0 fully saturated rings. The van der Waals surface area contributed by atoms with Crippen molar-refractivity contribution in [2.24, 2.45) is 0 Å². The number of alkyl halides is 3. The first-order valence-corrected chi connectivity index (χ1v) is 5.94. The van der Waals surface area contributed by atoms with E-state index in [-0.39, 0.29) is 5.56 Å². The highest BCUT2D eigenvalue weighted by Gasteiger charge is 2.34. The lowest BCUT2D eigenvalue weighted by molar-refractivity contribution is -0.137. The molecule has 0 saturated carbocycles. The van der Waals surface area contributed by atoms with Crippen molar-refractivity contribution in [3.63, 3.8) is 0 Å². The first-order valence-electron chi connectivity index (χ1n) is 5.94. The molecule has 0 unspecified atom stereocenters. The van der Waals surface area contributed by atoms with E-state index in [1.54, 1.807) is 12.1 Å². The maximum absolute atomic E-state index is 12.9. The molecule has 0 amide bonds. The Morgan fingerprint density at radius 3 is 2.63 bits per heavy atom. The molecule has 0 aliphatic carbocycles. The molecule has 0 atom stereocenters. The largest absolute Gasteiger partial charge is 0.417 e. The average molecular weight is 266 g/mol. The van der Waals surface area contributed by atoms with Gasteiger partial charge in [-0.1, -0.05) is 11.6 Å². The van der Waals surface area contributed by atoms with Crippen molar-refractivity contribution in [2.75, 3.05) is 18.0 Å². The van der Waals surface area contributed by atoms with Gasteiger partial charge in [0, 0.05) is 18.8 Å². The zero-order valence-corrected chi connectivity index (χ0v) is 10.5. The summed E-state index contributed by atoms with van der Waals surface area (Å²) < 4.78 is 38.6. The molecule has 0 radical (unpaired) electrons. The smallest absolute Gasteiger partial charge is 0.367 e. The van der Waals surface area contributed by atoms with Crippen LogP contribution in [0, 0.1) is 11.3 Å². The number of nitrogens with zero attached hydrogens (tertiary/aromatic N) is 2. The van der Waals surface area contributed by atoms with E-state index in [0.717, 1.165) is 18.1 Å². The molecule has 100 valence electrons. The van der Waals surface area contributed by atoms with E-state index in [9.17, 15) is 13.2 Å². The highest BCUT2D eigenvalue weighted by molar-refractivity contribution is 5.56. The summed E-state index contributed by atoms with van der Waals surface area (Å²) in [6.45, 7) is 3.28. The van der Waals surface area contributed by atoms with Gasteiger partial charge in [-0.2, -0.15) is 18.4 Å². The standard InChI is InChI=1S/C14H13F3N2/c1-10-3-2-6-19(9-10)12-5-4-11(8-18)13(7-12)14(15,16)17/h3-5,7H,2,6,9H2,1H3. The Labute approximate surface area is 109 Å². The molecule has 0 saturated heterocycles. The predicted molar refractivity (Wildman–Crippen MR) is 66.7 cm³/mol. The Balaban J connectivity index is 2.39. The number of halogens is 3. The highest BCUT2D eigenvalue weighted by atomic mass is 19.4. The molecule has 0 bridgehead atoms. The predicted octanol–water partition coefficient (Wildman–Crippen LogP) is 3.73. The third-order valence-electron chi connectivity index (χ3n) is 3.13. The van der Waals surface area contributed by atoms with Gasteiger partial charge in [0.25, 0.3) is 0 Å². The van der Waals surface area contributed by atoms with Gasteiger partial charge in [0.05, 0.1) is 17.2 Å². The van der Waals surface area contributed by atoms with E-state index < -0.39 is 11.7 Å². The zero-order chi connectivity index (χ0) is 14.0. The minimum atomic E-state index is -4.50. The number of rotatable bonds is 1. The van der Waals surface area contributed by atoms with E-state index in [1.807, 2.05) is 11.8 Å². The number of benzene rings is 1. The van der Waals surface area contributed by atoms with Gasteiger partial charge in [0.1, 0.15) is 0 Å². The molecule has 0 N–H and O–H groups in total. The Bertz CT molecular complexity index is 553. The monoisotopic (exact) mass is 266 g/mol. The molecule has 19 heavy (non-hydrogen) atoms. The van der Waals surface area contributed by atoms with Crippen molar-refractivity contribution in [3.05, 3.63) is 41.0 Å². The van der Waals surface area contributed by atoms with E-state index in [4.69, 9.17) is 5.26 Å². The summed E-state index contributed by atoms with van der Waals surface area (Å²) >= 11 is 0. The third-order valence-corrected chi connectivity index (χ3v) is 3.13. The normalized spacial score (nSPS) is 15.9. The van der Waals surface area contributed by atoms with Gasteiger partial charge in [-0.25, -0.2) is 0 Å². The Hall–Kier alpha value is -1.96. The van der Waals surface area contributed by atoms with Crippen LogP contribution in [0.3, 0.4) is 0 Å². The molecule has 2 rings (SSSR count). The fourth-order valence-electron chi connectivity index (χ4n) is 2.19. The van der Waals surface area contributed by atoms with Gasteiger partial charge in [-0.05, 0) is 31.5 Å². The second-order valence-corrected chi connectivity index (χ2v) is 4.60. The summed E-state index contributed by atoms with van der Waals surface area (Å²) in [6.07, 6.45) is -1.58. The molecule has 0 aromatic heterocycles. The van der Waals surface area contributed by atoms with Gasteiger partial charge in [-0.15, -0.1) is 0 Å². The second kappa shape index (κ2) is 4.96. The molecule has 5 heteroatoms. The summed E-state index contributed by atoms with van der Waals surface area (Å²) in [5.41, 5.74) is 0.461. The minimum Gasteiger partial charge on any atom is -0.367 e. The van der Waals surface area contributed by atoms with Crippen LogP contribution in [-0.4, -0.2) is 13.1 Å². The van der Waals surface area contributed by atoms with Crippen LogP contribution >= 0.6 is 0 Å². The van der Waals surface area contributed by atoms with Gasteiger partial charge in [0.15, 0.2) is 0 Å². The molecular weight excluding hydrogens is 253 g/mol. The number of nitriles is 1. The summed E-state index contributed by atoms with van der Waals surface area (Å²) in [5, 5.41) is 8.75. The van der Waals surface area contributed by atoms with Gasteiger partial charge in [-0.3, -0.25) is 0 Å². The van der Waals surface area contributed by atoms with Crippen molar-refractivity contribution in [2.45, 2.75) is 19.5 Å². The molecule has 1 heterocycles. The first-order chi connectivity index (χ1) is 8.91. The number of hydrogen-bond donors (Lipinski definition) is 0. The first kappa shape index (κ1) is 13.5. The number of anilines is 1. The quantitative estimate of drug-likeness (QED) is 0.724. The van der Waals surface area contributed by atoms with Crippen LogP contribution in [0.25, 0.3) is 0 Å². The molecule has 1 aromatic rings. The second-order valence-electron chi connectivity index (χ2n) is 4.60. The summed E-state index contributed by atoms with van der Waals surface area (Å²) in [7, 11) is 0. The molecule has 1 aliphatic rings. The Morgan fingerprint density at radius 2 is 2.05 bits per heavy atom. The van der Waals surface area contributed by atoms with Crippen LogP contribution in [0.1, 0.15) is 24.5 Å². The average Bonchev–Trinajstić information content (AvgIpc) is 2.37. The SMILES string of the molecule is CC1=CCCN(c2ccc(C#N)c(C(F)(F)F)c2)C1. The van der Waals surface area contributed by atoms with Crippen molar-refractivity contribution in [3.8, 4) is 6.07 Å². The van der Waals surface area contributed by atoms with Crippen molar-refractivity contribution in [1.82, 2.24) is 0 Å². The van der Waals surface area contributed by atoms with Crippen LogP contribution in [0.5, 0.6) is 0 Å². The fraction of sp³-hybridized carbons (Fsp3) is 0.357. The fourth-order valence-corrected chi connectivity index (χ4v) is 2.19. The highest BCUT2D eigenvalue weighted by Crippen LogP contribution is 2.34. The summed E-state index contributed by atoms with van der Waals surface area (Å²) in [5.74, 6) is 0. The Kier molecular flexibility index (Phi) is 3.52. The van der Waals surface area contributed by atoms with E-state index in [0.29, 0.717) is 18.8 Å². The maximum atomic E-state index is 12.9. The molecule has 1 aliphatic heterocycles. The maximum Gasteiger partial charge on any atom is 0.417 e. The Morgan fingerprint density at radius 1 is 1.32 bits per heavy atom. The van der Waals surface area contributed by atoms with Crippen LogP contribution in [0.4, 0.5) is 18.9 Å². The summed E-state index contributed by atoms with van der Waals surface area (Å²) in [6, 6.07) is 5.48. The molecule has 2 nitrogen and oxygen atoms in total. The third kappa shape index (κ3) is 2.90. The topological polar surface area (TPSA) is 27.0 Å². The van der Waals surface area contributed by atoms with E-state index in [1.165, 1.54) is 6.07 Å². The van der Waals surface area contributed by atoms with Crippen molar-refractivity contribution in [1.29, 1.82) is 5.26 Å². The zero-order valence-electron chi connectivity index (χ0n) is 10.5. The van der Waals surface area contributed by atoms with E-state index in [2.05, 4.69) is 6.08 Å². The van der Waals surface area contributed by atoms with Crippen LogP contribution in [0.15, 0.2) is 29.8 Å². The molecular formula is C14H13F3N2. The van der Waals surface area contributed by atoms with Crippen molar-refractivity contribution >= 4 is 5.69 Å². The van der Waals surface area contributed by atoms with Gasteiger partial charge in [0.2, 0.25) is 0 Å². The van der Waals surface area contributed by atoms with Gasteiger partial charge < -0.3 is 4.90 Å². The lowest BCUT2D eigenvalue weighted by Gasteiger charge is -2.29. The lowest BCUT2D eigenvalue weighted by Crippen LogP contribution is -2.29. The van der Waals surface area contributed by atoms with Crippen LogP contribution < -0.4 is 4.90 Å². The van der Waals surface area contributed by atoms with E-state index >= 15 is 0 Å². The number of hydrogen-bond acceptors (Lipinski definition) is 2. The minimum absolute atomic E-state index is 0.333. The van der Waals surface area contributed by atoms with Crippen LogP contribution in [-0.2, 0) is 6.18 Å².